The van der Waals surface area contributed by atoms with Gasteiger partial charge in [0, 0.05) is 18.3 Å². The van der Waals surface area contributed by atoms with Gasteiger partial charge in [-0.2, -0.15) is 23.4 Å². The second kappa shape index (κ2) is 6.17. The Morgan fingerprint density at radius 1 is 1.38 bits per heavy atom. The van der Waals surface area contributed by atoms with Crippen LogP contribution in [0.3, 0.4) is 0 Å². The van der Waals surface area contributed by atoms with Gasteiger partial charge in [-0.1, -0.05) is 0 Å². The Hall–Kier alpha value is -2.52. The third-order valence-corrected chi connectivity index (χ3v) is 3.83. The molecule has 1 saturated carbocycles. The average Bonchev–Trinajstić information content (AvgIpc) is 3.09. The number of amides is 2. The molecule has 1 atom stereocenters. The quantitative estimate of drug-likeness (QED) is 0.876. The summed E-state index contributed by atoms with van der Waals surface area (Å²) in [5, 5.41) is 12.9. The zero-order valence-electron chi connectivity index (χ0n) is 12.9. The smallest absolute Gasteiger partial charge is 0.292 e. The standard InChI is InChI=1S/C14H17F3N6O/c1-9(10-2-3-10)23-12(4-6-18-23)20-13(24)19-11-5-7-22(21-11)8-14(15,16)17/h4-7,9-10H,2-3,8H2,1H3,(H2,19,20,21,24)/t9-/m0/s1. The van der Waals surface area contributed by atoms with Crippen LogP contribution < -0.4 is 10.6 Å². The van der Waals surface area contributed by atoms with Gasteiger partial charge in [0.1, 0.15) is 12.4 Å². The van der Waals surface area contributed by atoms with Crippen LogP contribution in [0.4, 0.5) is 29.6 Å². The monoisotopic (exact) mass is 342 g/mol. The molecule has 0 radical (unpaired) electrons. The molecular weight excluding hydrogens is 325 g/mol. The predicted molar refractivity (Wildman–Crippen MR) is 80.6 cm³/mol. The van der Waals surface area contributed by atoms with Crippen molar-refractivity contribution in [1.29, 1.82) is 0 Å². The number of carbonyl (C=O) groups is 1. The molecule has 0 unspecified atom stereocenters. The van der Waals surface area contributed by atoms with E-state index in [1.165, 1.54) is 6.07 Å². The van der Waals surface area contributed by atoms with Crippen LogP contribution in [-0.2, 0) is 6.54 Å². The summed E-state index contributed by atoms with van der Waals surface area (Å²) in [6, 6.07) is 2.56. The molecule has 10 heteroatoms. The van der Waals surface area contributed by atoms with Crippen molar-refractivity contribution in [2.45, 2.75) is 38.5 Å². The van der Waals surface area contributed by atoms with Crippen molar-refractivity contribution < 1.29 is 18.0 Å². The fraction of sp³-hybridized carbons (Fsp3) is 0.500. The molecule has 24 heavy (non-hydrogen) atoms. The van der Waals surface area contributed by atoms with E-state index >= 15 is 0 Å². The Morgan fingerprint density at radius 3 is 2.79 bits per heavy atom. The second-order valence-electron chi connectivity index (χ2n) is 5.83. The molecule has 1 aliphatic rings. The van der Waals surface area contributed by atoms with Gasteiger partial charge in [0.15, 0.2) is 5.82 Å². The van der Waals surface area contributed by atoms with Gasteiger partial charge < -0.3 is 0 Å². The van der Waals surface area contributed by atoms with Gasteiger partial charge in [-0.15, -0.1) is 0 Å². The molecule has 0 saturated heterocycles. The predicted octanol–water partition coefficient (Wildman–Crippen LogP) is 3.26. The molecule has 2 heterocycles. The van der Waals surface area contributed by atoms with E-state index in [1.54, 1.807) is 16.9 Å². The molecule has 130 valence electrons. The van der Waals surface area contributed by atoms with Crippen LogP contribution in [-0.4, -0.2) is 31.8 Å². The lowest BCUT2D eigenvalue weighted by Gasteiger charge is -2.15. The maximum atomic E-state index is 12.3. The lowest BCUT2D eigenvalue weighted by Crippen LogP contribution is -2.23. The summed E-state index contributed by atoms with van der Waals surface area (Å²) in [4.78, 5) is 12.0. The Labute approximate surface area is 135 Å². The number of carbonyl (C=O) groups excluding carboxylic acids is 1. The minimum absolute atomic E-state index is 0.0399. The van der Waals surface area contributed by atoms with Gasteiger partial charge in [0.2, 0.25) is 0 Å². The molecule has 1 aliphatic carbocycles. The minimum Gasteiger partial charge on any atom is -0.292 e. The van der Waals surface area contributed by atoms with E-state index in [4.69, 9.17) is 0 Å². The normalized spacial score (nSPS) is 16.0. The molecule has 2 aromatic rings. The highest BCUT2D eigenvalue weighted by Gasteiger charge is 2.31. The van der Waals surface area contributed by atoms with Crippen molar-refractivity contribution in [2.75, 3.05) is 10.6 Å². The number of nitrogens with one attached hydrogen (secondary N) is 2. The molecule has 7 nitrogen and oxygen atoms in total. The van der Waals surface area contributed by atoms with Gasteiger partial charge in [-0.3, -0.25) is 15.3 Å². The lowest BCUT2D eigenvalue weighted by molar-refractivity contribution is -0.142. The van der Waals surface area contributed by atoms with E-state index in [9.17, 15) is 18.0 Å². The number of hydrogen-bond donors (Lipinski definition) is 2. The summed E-state index contributed by atoms with van der Waals surface area (Å²) in [5.74, 6) is 1.13. The first kappa shape index (κ1) is 16.3. The number of halogens is 3. The minimum atomic E-state index is -4.36. The van der Waals surface area contributed by atoms with Crippen LogP contribution in [0.5, 0.6) is 0 Å². The summed E-state index contributed by atoms with van der Waals surface area (Å²) >= 11 is 0. The molecule has 1 fully saturated rings. The van der Waals surface area contributed by atoms with Crippen molar-refractivity contribution in [2.24, 2.45) is 5.92 Å². The molecule has 2 aromatic heterocycles. The molecule has 2 amide bonds. The summed E-state index contributed by atoms with van der Waals surface area (Å²) in [6.45, 7) is 0.828. The first-order chi connectivity index (χ1) is 11.3. The van der Waals surface area contributed by atoms with Crippen LogP contribution in [0, 0.1) is 5.92 Å². The first-order valence-electron chi connectivity index (χ1n) is 7.53. The summed E-state index contributed by atoms with van der Waals surface area (Å²) < 4.78 is 39.3. The van der Waals surface area contributed by atoms with Gasteiger partial charge in [-0.25, -0.2) is 9.48 Å². The third-order valence-electron chi connectivity index (χ3n) is 3.83. The number of urea groups is 1. The molecule has 0 aromatic carbocycles. The number of aromatic nitrogens is 4. The molecule has 0 bridgehead atoms. The lowest BCUT2D eigenvalue weighted by atomic mass is 10.2. The maximum absolute atomic E-state index is 12.3. The van der Waals surface area contributed by atoms with Crippen LogP contribution >= 0.6 is 0 Å². The zero-order chi connectivity index (χ0) is 17.3. The fourth-order valence-corrected chi connectivity index (χ4v) is 2.48. The van der Waals surface area contributed by atoms with E-state index in [-0.39, 0.29) is 11.9 Å². The van der Waals surface area contributed by atoms with Crippen molar-refractivity contribution in [3.8, 4) is 0 Å². The Bertz CT molecular complexity index is 718. The van der Waals surface area contributed by atoms with Crippen LogP contribution in [0.2, 0.25) is 0 Å². The topological polar surface area (TPSA) is 76.8 Å². The Kier molecular flexibility index (Phi) is 4.20. The number of anilines is 2. The average molecular weight is 342 g/mol. The van der Waals surface area contributed by atoms with E-state index in [0.717, 1.165) is 23.7 Å². The van der Waals surface area contributed by atoms with E-state index < -0.39 is 18.8 Å². The molecule has 0 aliphatic heterocycles. The summed E-state index contributed by atoms with van der Waals surface area (Å²) in [6.07, 6.45) is 0.665. The van der Waals surface area contributed by atoms with Gasteiger partial charge in [0.05, 0.1) is 12.2 Å². The van der Waals surface area contributed by atoms with E-state index in [0.29, 0.717) is 11.7 Å². The zero-order valence-corrected chi connectivity index (χ0v) is 12.9. The highest BCUT2D eigenvalue weighted by atomic mass is 19.4. The second-order valence-corrected chi connectivity index (χ2v) is 5.83. The number of hydrogen-bond acceptors (Lipinski definition) is 3. The molecule has 3 rings (SSSR count). The Balaban J connectivity index is 1.59. The molecule has 0 spiro atoms. The summed E-state index contributed by atoms with van der Waals surface area (Å²) in [7, 11) is 0. The van der Waals surface area contributed by atoms with Crippen LogP contribution in [0.25, 0.3) is 0 Å². The van der Waals surface area contributed by atoms with Crippen molar-refractivity contribution >= 4 is 17.7 Å². The highest BCUT2D eigenvalue weighted by Crippen LogP contribution is 2.40. The van der Waals surface area contributed by atoms with Crippen LogP contribution in [0.1, 0.15) is 25.8 Å². The van der Waals surface area contributed by atoms with Gasteiger partial charge in [0.25, 0.3) is 0 Å². The van der Waals surface area contributed by atoms with Crippen molar-refractivity contribution in [3.63, 3.8) is 0 Å². The van der Waals surface area contributed by atoms with E-state index in [2.05, 4.69) is 20.8 Å². The van der Waals surface area contributed by atoms with Gasteiger partial charge >= 0.3 is 12.2 Å². The van der Waals surface area contributed by atoms with Crippen LogP contribution in [0.15, 0.2) is 24.5 Å². The van der Waals surface area contributed by atoms with Crippen molar-refractivity contribution in [1.82, 2.24) is 19.6 Å². The highest BCUT2D eigenvalue weighted by molar-refractivity contribution is 5.98. The SMILES string of the molecule is C[C@@H](C1CC1)n1nccc1NC(=O)Nc1ccn(CC(F)(F)F)n1. The number of alkyl halides is 3. The first-order valence-corrected chi connectivity index (χ1v) is 7.53. The molecule has 2 N–H and O–H groups in total. The maximum Gasteiger partial charge on any atom is 0.408 e. The fourth-order valence-electron chi connectivity index (χ4n) is 2.48. The third kappa shape index (κ3) is 4.06. The van der Waals surface area contributed by atoms with Crippen molar-refractivity contribution in [3.05, 3.63) is 24.5 Å². The largest absolute Gasteiger partial charge is 0.408 e. The molecular formula is C14H17F3N6O. The Morgan fingerprint density at radius 2 is 2.12 bits per heavy atom. The van der Waals surface area contributed by atoms with E-state index in [1.807, 2.05) is 6.92 Å². The number of rotatable bonds is 5. The van der Waals surface area contributed by atoms with Gasteiger partial charge in [-0.05, 0) is 25.7 Å². The number of nitrogens with zero attached hydrogens (tertiary/aromatic N) is 4. The summed E-state index contributed by atoms with van der Waals surface area (Å²) in [5.41, 5.74) is 0.